The number of aliphatic hydroxyl groups is 1. The number of hydrogen-bond donors (Lipinski definition) is 3. The summed E-state index contributed by atoms with van der Waals surface area (Å²) in [4.78, 5) is 23.0. The van der Waals surface area contributed by atoms with E-state index >= 15 is 0 Å². The third-order valence-corrected chi connectivity index (χ3v) is 3.10. The Morgan fingerprint density at radius 2 is 2.21 bits per heavy atom. The van der Waals surface area contributed by atoms with Crippen LogP contribution in [0.1, 0.15) is 29.6 Å². The minimum Gasteiger partial charge on any atom is -0.472 e. The van der Waals surface area contributed by atoms with Gasteiger partial charge in [-0.3, -0.25) is 9.59 Å². The predicted molar refractivity (Wildman–Crippen MR) is 67.4 cm³/mol. The summed E-state index contributed by atoms with van der Waals surface area (Å²) in [6, 6.07) is 1.56. The maximum atomic E-state index is 11.5. The number of nitrogens with one attached hydrogen (secondary N) is 2. The van der Waals surface area contributed by atoms with E-state index in [0.29, 0.717) is 18.0 Å². The van der Waals surface area contributed by atoms with Gasteiger partial charge in [-0.15, -0.1) is 0 Å². The monoisotopic (exact) mass is 266 g/mol. The maximum absolute atomic E-state index is 11.5. The predicted octanol–water partition coefficient (Wildman–Crippen LogP) is 0.287. The van der Waals surface area contributed by atoms with Crippen LogP contribution in [-0.4, -0.2) is 36.1 Å². The fourth-order valence-corrected chi connectivity index (χ4v) is 1.74. The normalized spacial score (nSPS) is 15.8. The molecule has 0 saturated heterocycles. The number of rotatable bonds is 7. The summed E-state index contributed by atoms with van der Waals surface area (Å²) < 4.78 is 4.79. The zero-order valence-corrected chi connectivity index (χ0v) is 10.6. The van der Waals surface area contributed by atoms with E-state index in [2.05, 4.69) is 10.6 Å². The second-order valence-electron chi connectivity index (χ2n) is 4.73. The summed E-state index contributed by atoms with van der Waals surface area (Å²) >= 11 is 0. The number of amides is 2. The molecule has 1 aliphatic carbocycles. The molecule has 1 aromatic heterocycles. The molecule has 2 amide bonds. The van der Waals surface area contributed by atoms with Crippen LogP contribution < -0.4 is 10.6 Å². The van der Waals surface area contributed by atoms with Crippen LogP contribution in [0.5, 0.6) is 0 Å². The van der Waals surface area contributed by atoms with Crippen LogP contribution in [0.15, 0.2) is 23.0 Å². The summed E-state index contributed by atoms with van der Waals surface area (Å²) in [6.45, 7) is 0.550. The summed E-state index contributed by atoms with van der Waals surface area (Å²) in [7, 11) is 0. The Kier molecular flexibility index (Phi) is 4.57. The summed E-state index contributed by atoms with van der Waals surface area (Å²) in [5.74, 6) is -0.0900. The topological polar surface area (TPSA) is 91.6 Å². The van der Waals surface area contributed by atoms with Gasteiger partial charge in [0, 0.05) is 19.5 Å². The molecule has 0 spiro atoms. The molecule has 0 aromatic carbocycles. The van der Waals surface area contributed by atoms with Gasteiger partial charge in [0.1, 0.15) is 6.26 Å². The summed E-state index contributed by atoms with van der Waals surface area (Å²) in [5, 5.41) is 14.9. The van der Waals surface area contributed by atoms with Gasteiger partial charge in [0.2, 0.25) is 5.91 Å². The molecule has 104 valence electrons. The Balaban J connectivity index is 1.57. The molecule has 1 fully saturated rings. The number of carbonyl (C=O) groups is 2. The molecule has 6 heteroatoms. The minimum absolute atomic E-state index is 0.174. The lowest BCUT2D eigenvalue weighted by atomic mass is 10.2. The van der Waals surface area contributed by atoms with E-state index in [9.17, 15) is 14.7 Å². The molecule has 1 atom stereocenters. The molecule has 1 aromatic rings. The Morgan fingerprint density at radius 1 is 1.42 bits per heavy atom. The van der Waals surface area contributed by atoms with Gasteiger partial charge in [-0.25, -0.2) is 0 Å². The van der Waals surface area contributed by atoms with Crippen LogP contribution in [0.2, 0.25) is 0 Å². The summed E-state index contributed by atoms with van der Waals surface area (Å²) in [6.07, 6.45) is 4.60. The van der Waals surface area contributed by atoms with Crippen LogP contribution in [0.25, 0.3) is 0 Å². The van der Waals surface area contributed by atoms with Crippen LogP contribution in [-0.2, 0) is 4.79 Å². The Labute approximate surface area is 111 Å². The molecule has 3 N–H and O–H groups in total. The first-order valence-corrected chi connectivity index (χ1v) is 6.42. The SMILES string of the molecule is O=C(CCNC(=O)c1ccoc1)NCC(O)C1CC1. The molecule has 1 heterocycles. The average molecular weight is 266 g/mol. The van der Waals surface area contributed by atoms with Gasteiger partial charge >= 0.3 is 0 Å². The zero-order valence-electron chi connectivity index (χ0n) is 10.6. The number of hydrogen-bond acceptors (Lipinski definition) is 4. The highest BCUT2D eigenvalue weighted by Gasteiger charge is 2.29. The van der Waals surface area contributed by atoms with Crippen molar-refractivity contribution >= 4 is 11.8 Å². The first-order valence-electron chi connectivity index (χ1n) is 6.42. The van der Waals surface area contributed by atoms with Crippen molar-refractivity contribution in [2.45, 2.75) is 25.4 Å². The fourth-order valence-electron chi connectivity index (χ4n) is 1.74. The van der Waals surface area contributed by atoms with Crippen molar-refractivity contribution in [3.05, 3.63) is 24.2 Å². The van der Waals surface area contributed by atoms with Crippen molar-refractivity contribution in [3.63, 3.8) is 0 Å². The van der Waals surface area contributed by atoms with Gasteiger partial charge in [-0.1, -0.05) is 0 Å². The Hall–Kier alpha value is -1.82. The van der Waals surface area contributed by atoms with E-state index in [-0.39, 0.29) is 24.8 Å². The van der Waals surface area contributed by atoms with Crippen LogP contribution in [0, 0.1) is 5.92 Å². The Morgan fingerprint density at radius 3 is 2.84 bits per heavy atom. The lowest BCUT2D eigenvalue weighted by molar-refractivity contribution is -0.121. The van der Waals surface area contributed by atoms with E-state index in [1.54, 1.807) is 6.07 Å². The van der Waals surface area contributed by atoms with E-state index < -0.39 is 6.10 Å². The van der Waals surface area contributed by atoms with Crippen molar-refractivity contribution in [1.82, 2.24) is 10.6 Å². The van der Waals surface area contributed by atoms with Crippen LogP contribution >= 0.6 is 0 Å². The number of furan rings is 1. The molecular weight excluding hydrogens is 248 g/mol. The second-order valence-corrected chi connectivity index (χ2v) is 4.73. The van der Waals surface area contributed by atoms with Gasteiger partial charge in [0.05, 0.1) is 17.9 Å². The molecule has 1 saturated carbocycles. The van der Waals surface area contributed by atoms with Gasteiger partial charge < -0.3 is 20.2 Å². The average Bonchev–Trinajstić information content (AvgIpc) is 3.10. The van der Waals surface area contributed by atoms with Gasteiger partial charge in [0.25, 0.3) is 5.91 Å². The smallest absolute Gasteiger partial charge is 0.254 e. The molecular formula is C13H18N2O4. The molecule has 6 nitrogen and oxygen atoms in total. The van der Waals surface area contributed by atoms with Crippen molar-refractivity contribution in [3.8, 4) is 0 Å². The van der Waals surface area contributed by atoms with Crippen molar-refractivity contribution < 1.29 is 19.1 Å². The second kappa shape index (κ2) is 6.38. The van der Waals surface area contributed by atoms with E-state index in [4.69, 9.17) is 4.42 Å². The largest absolute Gasteiger partial charge is 0.472 e. The highest BCUT2D eigenvalue weighted by Crippen LogP contribution is 2.32. The Bertz CT molecular complexity index is 426. The third kappa shape index (κ3) is 4.40. The standard InChI is InChI=1S/C13H18N2O4/c16-11(9-1-2-9)7-15-12(17)3-5-14-13(18)10-4-6-19-8-10/h4,6,8-9,11,16H,1-3,5,7H2,(H,14,18)(H,15,17). The highest BCUT2D eigenvalue weighted by atomic mass is 16.3. The van der Waals surface area contributed by atoms with Crippen molar-refractivity contribution in [1.29, 1.82) is 0 Å². The third-order valence-electron chi connectivity index (χ3n) is 3.10. The molecule has 0 aliphatic heterocycles. The minimum atomic E-state index is -0.440. The van der Waals surface area contributed by atoms with Crippen LogP contribution in [0.3, 0.4) is 0 Å². The lowest BCUT2D eigenvalue weighted by Gasteiger charge is -2.10. The molecule has 0 bridgehead atoms. The molecule has 1 aliphatic rings. The van der Waals surface area contributed by atoms with Gasteiger partial charge in [-0.05, 0) is 24.8 Å². The maximum Gasteiger partial charge on any atom is 0.254 e. The molecule has 2 rings (SSSR count). The summed E-state index contributed by atoms with van der Waals surface area (Å²) in [5.41, 5.74) is 0.435. The molecule has 0 radical (unpaired) electrons. The van der Waals surface area contributed by atoms with Crippen LogP contribution in [0.4, 0.5) is 0 Å². The van der Waals surface area contributed by atoms with Gasteiger partial charge in [-0.2, -0.15) is 0 Å². The zero-order chi connectivity index (χ0) is 13.7. The van der Waals surface area contributed by atoms with E-state index in [1.165, 1.54) is 12.5 Å². The van der Waals surface area contributed by atoms with Gasteiger partial charge in [0.15, 0.2) is 0 Å². The molecule has 19 heavy (non-hydrogen) atoms. The number of aliphatic hydroxyl groups excluding tert-OH is 1. The van der Waals surface area contributed by atoms with E-state index in [0.717, 1.165) is 12.8 Å². The van der Waals surface area contributed by atoms with E-state index in [1.807, 2.05) is 0 Å². The fraction of sp³-hybridized carbons (Fsp3) is 0.538. The lowest BCUT2D eigenvalue weighted by Crippen LogP contribution is -2.35. The number of carbonyl (C=O) groups excluding carboxylic acids is 2. The quantitative estimate of drug-likeness (QED) is 0.661. The first-order chi connectivity index (χ1) is 9.16. The highest BCUT2D eigenvalue weighted by molar-refractivity contribution is 5.93. The first kappa shape index (κ1) is 13.6. The molecule has 1 unspecified atom stereocenters. The van der Waals surface area contributed by atoms with Crippen molar-refractivity contribution in [2.75, 3.05) is 13.1 Å². The van der Waals surface area contributed by atoms with Crippen molar-refractivity contribution in [2.24, 2.45) is 5.92 Å².